The third-order valence-electron chi connectivity index (χ3n) is 4.28. The molecule has 4 rings (SSSR count). The van der Waals surface area contributed by atoms with Crippen molar-refractivity contribution in [2.75, 3.05) is 12.3 Å². The highest BCUT2D eigenvalue weighted by atomic mass is 32.2. The van der Waals surface area contributed by atoms with Crippen molar-refractivity contribution in [1.29, 1.82) is 0 Å². The molecule has 1 aliphatic heterocycles. The second-order valence-corrected chi connectivity index (χ2v) is 7.37. The maximum absolute atomic E-state index is 5.79. The molecular formula is C18H19N3O2S. The van der Waals surface area contributed by atoms with E-state index in [1.807, 2.05) is 23.9 Å². The molecule has 0 N–H and O–H groups in total. The fraction of sp³-hybridized carbons (Fsp3) is 0.333. The van der Waals surface area contributed by atoms with Crippen LogP contribution in [-0.4, -0.2) is 32.6 Å². The first-order valence-corrected chi connectivity index (χ1v) is 9.13. The average molecular weight is 341 g/mol. The number of furan rings is 1. The molecule has 0 aliphatic carbocycles. The summed E-state index contributed by atoms with van der Waals surface area (Å²) in [5.74, 6) is 2.78. The highest BCUT2D eigenvalue weighted by Gasteiger charge is 2.31. The lowest BCUT2D eigenvalue weighted by Crippen LogP contribution is -2.39. The Morgan fingerprint density at radius 2 is 2.04 bits per heavy atom. The van der Waals surface area contributed by atoms with Crippen LogP contribution in [0.3, 0.4) is 0 Å². The zero-order valence-corrected chi connectivity index (χ0v) is 14.3. The van der Waals surface area contributed by atoms with Gasteiger partial charge in [0, 0.05) is 23.6 Å². The molecule has 1 aliphatic rings. The Bertz CT molecular complexity index is 773. The SMILES string of the molecule is CC1SCCN(Cc2nnc(-c3ccco3)o2)C1c1ccccc1. The van der Waals surface area contributed by atoms with Crippen LogP contribution in [0, 0.1) is 0 Å². The molecule has 0 bridgehead atoms. The minimum Gasteiger partial charge on any atom is -0.459 e. The molecule has 124 valence electrons. The summed E-state index contributed by atoms with van der Waals surface area (Å²) in [6.07, 6.45) is 1.61. The molecule has 0 amide bonds. The first-order chi connectivity index (χ1) is 11.8. The molecule has 1 saturated heterocycles. The van der Waals surface area contributed by atoms with Gasteiger partial charge in [-0.2, -0.15) is 11.8 Å². The summed E-state index contributed by atoms with van der Waals surface area (Å²) in [7, 11) is 0. The molecule has 3 aromatic rings. The third-order valence-corrected chi connectivity index (χ3v) is 5.48. The van der Waals surface area contributed by atoms with E-state index in [4.69, 9.17) is 8.83 Å². The number of rotatable bonds is 4. The molecule has 24 heavy (non-hydrogen) atoms. The van der Waals surface area contributed by atoms with Crippen molar-refractivity contribution in [2.45, 2.75) is 24.8 Å². The van der Waals surface area contributed by atoms with Gasteiger partial charge in [-0.25, -0.2) is 0 Å². The Morgan fingerprint density at radius 1 is 1.17 bits per heavy atom. The first-order valence-electron chi connectivity index (χ1n) is 8.08. The van der Waals surface area contributed by atoms with E-state index >= 15 is 0 Å². The monoisotopic (exact) mass is 341 g/mol. The van der Waals surface area contributed by atoms with Crippen LogP contribution in [-0.2, 0) is 6.54 Å². The number of thioether (sulfide) groups is 1. The highest BCUT2D eigenvalue weighted by molar-refractivity contribution is 8.00. The van der Waals surface area contributed by atoms with Crippen molar-refractivity contribution < 1.29 is 8.83 Å². The van der Waals surface area contributed by atoms with Crippen LogP contribution in [0.15, 0.2) is 57.6 Å². The van der Waals surface area contributed by atoms with Crippen molar-refractivity contribution in [3.05, 3.63) is 60.2 Å². The molecule has 3 heterocycles. The molecule has 2 unspecified atom stereocenters. The van der Waals surface area contributed by atoms with Gasteiger partial charge in [-0.05, 0) is 17.7 Å². The number of nitrogens with zero attached hydrogens (tertiary/aromatic N) is 3. The standard InChI is InChI=1S/C18H19N3O2S/c1-13-17(14-6-3-2-4-7-14)21(9-11-24-13)12-16-19-20-18(23-16)15-8-5-10-22-15/h2-8,10,13,17H,9,11-12H2,1H3. The van der Waals surface area contributed by atoms with Crippen LogP contribution in [0.4, 0.5) is 0 Å². The number of hydrogen-bond donors (Lipinski definition) is 0. The first kappa shape index (κ1) is 15.5. The Hall–Kier alpha value is -2.05. The van der Waals surface area contributed by atoms with Crippen LogP contribution in [0.5, 0.6) is 0 Å². The molecule has 0 spiro atoms. The fourth-order valence-corrected chi connectivity index (χ4v) is 4.41. The molecule has 2 aromatic heterocycles. The summed E-state index contributed by atoms with van der Waals surface area (Å²) in [6.45, 7) is 3.95. The zero-order chi connectivity index (χ0) is 16.4. The lowest BCUT2D eigenvalue weighted by Gasteiger charge is -2.39. The molecule has 0 saturated carbocycles. The second kappa shape index (κ2) is 6.83. The van der Waals surface area contributed by atoms with Crippen LogP contribution in [0.1, 0.15) is 24.4 Å². The van der Waals surface area contributed by atoms with E-state index in [1.54, 1.807) is 6.26 Å². The van der Waals surface area contributed by atoms with Crippen molar-refractivity contribution in [1.82, 2.24) is 15.1 Å². The normalized spacial score (nSPS) is 21.9. The molecule has 2 atom stereocenters. The Labute approximate surface area is 145 Å². The lowest BCUT2D eigenvalue weighted by atomic mass is 10.0. The Morgan fingerprint density at radius 3 is 2.83 bits per heavy atom. The van der Waals surface area contributed by atoms with Crippen LogP contribution in [0.25, 0.3) is 11.7 Å². The summed E-state index contributed by atoms with van der Waals surface area (Å²) in [5.41, 5.74) is 1.34. The van der Waals surface area contributed by atoms with Crippen LogP contribution in [0.2, 0.25) is 0 Å². The van der Waals surface area contributed by atoms with Gasteiger partial charge in [0.2, 0.25) is 5.89 Å². The molecule has 5 nitrogen and oxygen atoms in total. The lowest BCUT2D eigenvalue weighted by molar-refractivity contribution is 0.174. The van der Waals surface area contributed by atoms with E-state index in [0.29, 0.717) is 35.4 Å². The van der Waals surface area contributed by atoms with E-state index in [2.05, 4.69) is 52.4 Å². The van der Waals surface area contributed by atoms with Gasteiger partial charge in [-0.3, -0.25) is 4.90 Å². The predicted molar refractivity (Wildman–Crippen MR) is 93.5 cm³/mol. The summed E-state index contributed by atoms with van der Waals surface area (Å²) >= 11 is 2.02. The smallest absolute Gasteiger partial charge is 0.283 e. The third kappa shape index (κ3) is 3.12. The molecule has 1 fully saturated rings. The van der Waals surface area contributed by atoms with Crippen LogP contribution < -0.4 is 0 Å². The number of aromatic nitrogens is 2. The van der Waals surface area contributed by atoms with Gasteiger partial charge < -0.3 is 8.83 Å². The average Bonchev–Trinajstić information content (AvgIpc) is 3.27. The maximum Gasteiger partial charge on any atom is 0.283 e. The number of hydrogen-bond acceptors (Lipinski definition) is 6. The van der Waals surface area contributed by atoms with Crippen molar-refractivity contribution in [2.24, 2.45) is 0 Å². The van der Waals surface area contributed by atoms with Crippen molar-refractivity contribution in [3.8, 4) is 11.7 Å². The van der Waals surface area contributed by atoms with Crippen LogP contribution >= 0.6 is 11.8 Å². The summed E-state index contributed by atoms with van der Waals surface area (Å²) in [5, 5.41) is 8.81. The largest absolute Gasteiger partial charge is 0.459 e. The molecule has 0 radical (unpaired) electrons. The van der Waals surface area contributed by atoms with Gasteiger partial charge >= 0.3 is 0 Å². The van der Waals surface area contributed by atoms with E-state index < -0.39 is 0 Å². The molecule has 6 heteroatoms. The quantitative estimate of drug-likeness (QED) is 0.715. The fourth-order valence-electron chi connectivity index (χ4n) is 3.18. The van der Waals surface area contributed by atoms with Crippen molar-refractivity contribution >= 4 is 11.8 Å². The second-order valence-electron chi connectivity index (χ2n) is 5.88. The van der Waals surface area contributed by atoms with Gasteiger partial charge in [0.25, 0.3) is 5.89 Å². The minimum atomic E-state index is 0.351. The molecule has 1 aromatic carbocycles. The summed E-state index contributed by atoms with van der Waals surface area (Å²) < 4.78 is 11.1. The Balaban J connectivity index is 1.56. The summed E-state index contributed by atoms with van der Waals surface area (Å²) in [4.78, 5) is 2.43. The Kier molecular flexibility index (Phi) is 4.40. The zero-order valence-electron chi connectivity index (χ0n) is 13.5. The van der Waals surface area contributed by atoms with Gasteiger partial charge in [-0.15, -0.1) is 10.2 Å². The van der Waals surface area contributed by atoms with Crippen molar-refractivity contribution in [3.63, 3.8) is 0 Å². The van der Waals surface area contributed by atoms with E-state index in [-0.39, 0.29) is 0 Å². The van der Waals surface area contributed by atoms with Gasteiger partial charge in [0.15, 0.2) is 5.76 Å². The maximum atomic E-state index is 5.79. The highest BCUT2D eigenvalue weighted by Crippen LogP contribution is 2.36. The van der Waals surface area contributed by atoms with Gasteiger partial charge in [-0.1, -0.05) is 37.3 Å². The van der Waals surface area contributed by atoms with Gasteiger partial charge in [0.05, 0.1) is 12.8 Å². The van der Waals surface area contributed by atoms with Gasteiger partial charge in [0.1, 0.15) is 0 Å². The number of benzene rings is 1. The van der Waals surface area contributed by atoms with E-state index in [1.165, 1.54) is 5.56 Å². The summed E-state index contributed by atoms with van der Waals surface area (Å²) in [6, 6.07) is 14.6. The van der Waals surface area contributed by atoms with E-state index in [0.717, 1.165) is 12.3 Å². The molecular weight excluding hydrogens is 322 g/mol. The topological polar surface area (TPSA) is 55.3 Å². The van der Waals surface area contributed by atoms with E-state index in [9.17, 15) is 0 Å². The predicted octanol–water partition coefficient (Wildman–Crippen LogP) is 4.01. The minimum absolute atomic E-state index is 0.351.